The fraction of sp³-hybridized carbons (Fsp3) is 0.316. The average Bonchev–Trinajstić information content (AvgIpc) is 2.61. The van der Waals surface area contributed by atoms with Crippen molar-refractivity contribution in [3.63, 3.8) is 0 Å². The van der Waals surface area contributed by atoms with Crippen LogP contribution in [0.2, 0.25) is 0 Å². The summed E-state index contributed by atoms with van der Waals surface area (Å²) < 4.78 is 5.55. The quantitative estimate of drug-likeness (QED) is 0.720. The Labute approximate surface area is 149 Å². The zero-order chi connectivity index (χ0) is 16.5. The smallest absolute Gasteiger partial charge is 0.224 e. The first-order chi connectivity index (χ1) is 11.2. The number of hydrogen-bond acceptors (Lipinski definition) is 3. The summed E-state index contributed by atoms with van der Waals surface area (Å²) in [5.41, 5.74) is 8.25. The molecule has 0 spiro atoms. The molecule has 2 atom stereocenters. The number of nitrogens with one attached hydrogen (secondary N) is 1. The zero-order valence-electron chi connectivity index (χ0n) is 13.9. The van der Waals surface area contributed by atoms with Crippen LogP contribution in [0.25, 0.3) is 0 Å². The molecule has 2 unspecified atom stereocenters. The van der Waals surface area contributed by atoms with E-state index in [-0.39, 0.29) is 30.3 Å². The van der Waals surface area contributed by atoms with Crippen molar-refractivity contribution >= 4 is 18.3 Å². The highest BCUT2D eigenvalue weighted by molar-refractivity contribution is 5.85. The number of ether oxygens (including phenoxy) is 1. The average molecular weight is 349 g/mol. The van der Waals surface area contributed by atoms with Crippen LogP contribution >= 0.6 is 12.4 Å². The topological polar surface area (TPSA) is 64.3 Å². The van der Waals surface area contributed by atoms with E-state index in [1.165, 1.54) is 0 Å². The van der Waals surface area contributed by atoms with E-state index < -0.39 is 0 Å². The fourth-order valence-corrected chi connectivity index (χ4v) is 2.30. The molecule has 0 aliphatic heterocycles. The van der Waals surface area contributed by atoms with E-state index in [9.17, 15) is 4.79 Å². The summed E-state index contributed by atoms with van der Waals surface area (Å²) in [4.78, 5) is 12.1. The molecule has 2 rings (SSSR count). The first kappa shape index (κ1) is 20.2. The number of benzene rings is 2. The normalized spacial score (nSPS) is 12.8. The number of amides is 1. The van der Waals surface area contributed by atoms with Gasteiger partial charge in [-0.3, -0.25) is 4.79 Å². The third kappa shape index (κ3) is 6.32. The predicted octanol–water partition coefficient (Wildman–Crippen LogP) is 3.08. The molecule has 130 valence electrons. The highest BCUT2D eigenvalue weighted by atomic mass is 35.5. The molecule has 0 saturated carbocycles. The maximum Gasteiger partial charge on any atom is 0.224 e. The minimum Gasteiger partial charge on any atom is -0.375 e. The minimum absolute atomic E-state index is 0. The van der Waals surface area contributed by atoms with Crippen LogP contribution in [-0.2, 0) is 16.1 Å². The van der Waals surface area contributed by atoms with Crippen LogP contribution in [0.15, 0.2) is 60.7 Å². The lowest BCUT2D eigenvalue weighted by atomic mass is 9.95. The van der Waals surface area contributed by atoms with E-state index in [4.69, 9.17) is 10.5 Å². The number of carbonyl (C=O) groups is 1. The van der Waals surface area contributed by atoms with Gasteiger partial charge in [-0.25, -0.2) is 0 Å². The molecule has 24 heavy (non-hydrogen) atoms. The van der Waals surface area contributed by atoms with Gasteiger partial charge in [0, 0.05) is 12.6 Å². The van der Waals surface area contributed by atoms with Gasteiger partial charge in [0.2, 0.25) is 5.91 Å². The lowest BCUT2D eigenvalue weighted by Gasteiger charge is -2.19. The Hall–Kier alpha value is -1.88. The van der Waals surface area contributed by atoms with E-state index in [1.807, 2.05) is 67.6 Å². The van der Waals surface area contributed by atoms with Crippen LogP contribution in [-0.4, -0.2) is 19.1 Å². The van der Waals surface area contributed by atoms with E-state index in [0.717, 1.165) is 11.1 Å². The molecule has 0 radical (unpaired) electrons. The Bertz CT molecular complexity index is 593. The molecule has 2 aromatic rings. The minimum atomic E-state index is -0.304. The summed E-state index contributed by atoms with van der Waals surface area (Å²) >= 11 is 0. The lowest BCUT2D eigenvalue weighted by Crippen LogP contribution is -2.37. The van der Waals surface area contributed by atoms with Crippen molar-refractivity contribution in [2.45, 2.75) is 19.6 Å². The summed E-state index contributed by atoms with van der Waals surface area (Å²) in [5, 5.41) is 2.88. The number of halogens is 1. The SMILES string of the molecule is CC(C(=O)NCCOCc1ccccc1)C(N)c1ccccc1.Cl. The number of carbonyl (C=O) groups excluding carboxylic acids is 1. The molecule has 0 bridgehead atoms. The molecule has 3 N–H and O–H groups in total. The highest BCUT2D eigenvalue weighted by Crippen LogP contribution is 2.18. The summed E-state index contributed by atoms with van der Waals surface area (Å²) in [6, 6.07) is 19.3. The van der Waals surface area contributed by atoms with Crippen molar-refractivity contribution in [2.24, 2.45) is 11.7 Å². The fourth-order valence-electron chi connectivity index (χ4n) is 2.30. The molecule has 0 heterocycles. The van der Waals surface area contributed by atoms with Crippen LogP contribution in [0.1, 0.15) is 24.1 Å². The first-order valence-electron chi connectivity index (χ1n) is 7.88. The van der Waals surface area contributed by atoms with Crippen molar-refractivity contribution in [1.29, 1.82) is 0 Å². The largest absolute Gasteiger partial charge is 0.375 e. The Morgan fingerprint density at radius 3 is 2.29 bits per heavy atom. The van der Waals surface area contributed by atoms with Gasteiger partial charge in [0.05, 0.1) is 19.1 Å². The van der Waals surface area contributed by atoms with Gasteiger partial charge in [0.1, 0.15) is 0 Å². The van der Waals surface area contributed by atoms with E-state index in [0.29, 0.717) is 19.8 Å². The molecule has 0 fully saturated rings. The molecule has 0 aliphatic rings. The van der Waals surface area contributed by atoms with Gasteiger partial charge < -0.3 is 15.8 Å². The van der Waals surface area contributed by atoms with Crippen molar-refractivity contribution in [3.8, 4) is 0 Å². The van der Waals surface area contributed by atoms with Crippen molar-refractivity contribution in [1.82, 2.24) is 5.32 Å². The Kier molecular flexibility index (Phi) is 9.08. The van der Waals surface area contributed by atoms with Gasteiger partial charge in [0.25, 0.3) is 0 Å². The number of rotatable bonds is 8. The van der Waals surface area contributed by atoms with Crippen LogP contribution in [0, 0.1) is 5.92 Å². The van der Waals surface area contributed by atoms with Crippen molar-refractivity contribution in [3.05, 3.63) is 71.8 Å². The third-order valence-corrected chi connectivity index (χ3v) is 3.79. The standard InChI is InChI=1S/C19H24N2O2.ClH/c1-15(18(20)17-10-6-3-7-11-17)19(22)21-12-13-23-14-16-8-4-2-5-9-16;/h2-11,15,18H,12-14,20H2,1H3,(H,21,22);1H. The predicted molar refractivity (Wildman–Crippen MR) is 98.9 cm³/mol. The van der Waals surface area contributed by atoms with Gasteiger partial charge in [-0.15, -0.1) is 12.4 Å². The molecule has 1 amide bonds. The Morgan fingerprint density at radius 2 is 1.67 bits per heavy atom. The molecule has 0 saturated heterocycles. The number of hydrogen-bond donors (Lipinski definition) is 2. The van der Waals surface area contributed by atoms with E-state index in [2.05, 4.69) is 5.32 Å². The summed E-state index contributed by atoms with van der Waals surface area (Å²) in [6.07, 6.45) is 0. The zero-order valence-corrected chi connectivity index (χ0v) is 14.7. The maximum atomic E-state index is 12.1. The lowest BCUT2D eigenvalue weighted by molar-refractivity contribution is -0.125. The molecular formula is C19H25ClN2O2. The second-order valence-electron chi connectivity index (χ2n) is 5.55. The monoisotopic (exact) mass is 348 g/mol. The van der Waals surface area contributed by atoms with Crippen LogP contribution < -0.4 is 11.1 Å². The van der Waals surface area contributed by atoms with Gasteiger partial charge in [-0.2, -0.15) is 0 Å². The molecule has 5 heteroatoms. The van der Waals surface area contributed by atoms with Gasteiger partial charge in [-0.05, 0) is 11.1 Å². The third-order valence-electron chi connectivity index (χ3n) is 3.79. The van der Waals surface area contributed by atoms with Gasteiger partial charge in [-0.1, -0.05) is 67.6 Å². The van der Waals surface area contributed by atoms with Crippen molar-refractivity contribution < 1.29 is 9.53 Å². The Morgan fingerprint density at radius 1 is 1.08 bits per heavy atom. The number of nitrogens with two attached hydrogens (primary N) is 1. The maximum absolute atomic E-state index is 12.1. The summed E-state index contributed by atoms with van der Waals surface area (Å²) in [5.74, 6) is -0.337. The molecule has 2 aromatic carbocycles. The van der Waals surface area contributed by atoms with Gasteiger partial charge in [0.15, 0.2) is 0 Å². The van der Waals surface area contributed by atoms with Crippen molar-refractivity contribution in [2.75, 3.05) is 13.2 Å². The molecule has 4 nitrogen and oxygen atoms in total. The Balaban J connectivity index is 0.00000288. The van der Waals surface area contributed by atoms with E-state index in [1.54, 1.807) is 0 Å². The molecule has 0 aromatic heterocycles. The highest BCUT2D eigenvalue weighted by Gasteiger charge is 2.21. The summed E-state index contributed by atoms with van der Waals surface area (Å²) in [7, 11) is 0. The molecule has 0 aliphatic carbocycles. The second kappa shape index (κ2) is 10.8. The first-order valence-corrected chi connectivity index (χ1v) is 7.88. The molecular weight excluding hydrogens is 324 g/mol. The van der Waals surface area contributed by atoms with E-state index >= 15 is 0 Å². The van der Waals surface area contributed by atoms with Crippen LogP contribution in [0.4, 0.5) is 0 Å². The van der Waals surface area contributed by atoms with Crippen LogP contribution in [0.3, 0.4) is 0 Å². The second-order valence-corrected chi connectivity index (χ2v) is 5.55. The van der Waals surface area contributed by atoms with Gasteiger partial charge >= 0.3 is 0 Å². The van der Waals surface area contributed by atoms with Crippen LogP contribution in [0.5, 0.6) is 0 Å². The summed E-state index contributed by atoms with van der Waals surface area (Å²) in [6.45, 7) is 3.36.